The van der Waals surface area contributed by atoms with Gasteiger partial charge in [-0.2, -0.15) is 0 Å². The van der Waals surface area contributed by atoms with Crippen LogP contribution >= 0.6 is 11.3 Å². The fourth-order valence-electron chi connectivity index (χ4n) is 1.52. The molecule has 0 atom stereocenters. The molecule has 1 amide bonds. The van der Waals surface area contributed by atoms with Gasteiger partial charge in [-0.05, 0) is 18.6 Å². The molecule has 1 aromatic heterocycles. The van der Waals surface area contributed by atoms with Crippen LogP contribution in [-0.4, -0.2) is 10.9 Å². The van der Waals surface area contributed by atoms with Crippen LogP contribution in [0, 0.1) is 12.7 Å². The minimum absolute atomic E-state index is 0.00680. The molecule has 0 spiro atoms. The van der Waals surface area contributed by atoms with E-state index in [2.05, 4.69) is 4.98 Å². The smallest absolute Gasteiger partial charge is 0.270 e. The zero-order valence-electron chi connectivity index (χ0n) is 9.03. The van der Waals surface area contributed by atoms with E-state index in [0.29, 0.717) is 10.6 Å². The first-order valence-electron chi connectivity index (χ1n) is 4.82. The fraction of sp³-hybridized carbons (Fsp3) is 0.0909. The summed E-state index contributed by atoms with van der Waals surface area (Å²) >= 11 is 1.05. The van der Waals surface area contributed by atoms with Gasteiger partial charge in [-0.3, -0.25) is 4.79 Å². The van der Waals surface area contributed by atoms with Crippen LogP contribution in [-0.2, 0) is 0 Å². The average molecular weight is 251 g/mol. The number of rotatable bonds is 2. The maximum absolute atomic E-state index is 13.7. The Kier molecular flexibility index (Phi) is 2.81. The number of hydrogen-bond donors (Lipinski definition) is 2. The average Bonchev–Trinajstić information content (AvgIpc) is 2.60. The number of carbonyl (C=O) groups is 1. The van der Waals surface area contributed by atoms with Crippen LogP contribution in [0.4, 0.5) is 9.39 Å². The van der Waals surface area contributed by atoms with E-state index in [9.17, 15) is 9.18 Å². The molecule has 0 aliphatic rings. The van der Waals surface area contributed by atoms with Gasteiger partial charge in [-0.1, -0.05) is 23.5 Å². The lowest BCUT2D eigenvalue weighted by Crippen LogP contribution is -2.13. The van der Waals surface area contributed by atoms with Crippen molar-refractivity contribution in [2.75, 3.05) is 5.73 Å². The minimum Gasteiger partial charge on any atom is -0.389 e. The number of nitrogen functional groups attached to an aromatic ring is 1. The van der Waals surface area contributed by atoms with Crippen LogP contribution < -0.4 is 11.5 Å². The van der Waals surface area contributed by atoms with E-state index in [-0.39, 0.29) is 10.7 Å². The number of nitrogens with two attached hydrogens (primary N) is 2. The van der Waals surface area contributed by atoms with Gasteiger partial charge in [0, 0.05) is 5.56 Å². The van der Waals surface area contributed by atoms with Crippen molar-refractivity contribution >= 4 is 22.2 Å². The molecule has 1 heterocycles. The Morgan fingerprint density at radius 1 is 1.47 bits per heavy atom. The number of nitrogens with zero attached hydrogens (tertiary/aromatic N) is 1. The Bertz CT molecular complexity index is 574. The standard InChI is InChI=1S/C11H10FN3OS/c1-5-3-2-4-6(12)7(5)11-15-8(9(13)16)10(14)17-11/h2-4H,14H2,1H3,(H2,13,16). The van der Waals surface area contributed by atoms with Gasteiger partial charge in [0.1, 0.15) is 15.8 Å². The highest BCUT2D eigenvalue weighted by molar-refractivity contribution is 7.19. The van der Waals surface area contributed by atoms with E-state index >= 15 is 0 Å². The molecule has 2 rings (SSSR count). The number of primary amides is 1. The molecule has 6 heteroatoms. The number of halogens is 1. The lowest BCUT2D eigenvalue weighted by atomic mass is 10.1. The van der Waals surface area contributed by atoms with E-state index in [1.54, 1.807) is 19.1 Å². The number of aryl methyl sites for hydroxylation is 1. The molecule has 4 N–H and O–H groups in total. The lowest BCUT2D eigenvalue weighted by Gasteiger charge is -2.02. The molecule has 0 fully saturated rings. The summed E-state index contributed by atoms with van der Waals surface area (Å²) in [6, 6.07) is 4.71. The van der Waals surface area contributed by atoms with E-state index in [1.165, 1.54) is 6.07 Å². The summed E-state index contributed by atoms with van der Waals surface area (Å²) in [6.45, 7) is 1.76. The van der Waals surface area contributed by atoms with Gasteiger partial charge in [-0.25, -0.2) is 9.37 Å². The number of amides is 1. The highest BCUT2D eigenvalue weighted by atomic mass is 32.1. The molecule has 0 unspecified atom stereocenters. The number of thiazole rings is 1. The first kappa shape index (κ1) is 11.5. The predicted molar refractivity (Wildman–Crippen MR) is 65.2 cm³/mol. The maximum atomic E-state index is 13.7. The Hall–Kier alpha value is -1.95. The van der Waals surface area contributed by atoms with Crippen LogP contribution in [0.2, 0.25) is 0 Å². The Labute approximate surface area is 101 Å². The van der Waals surface area contributed by atoms with Crippen molar-refractivity contribution in [3.05, 3.63) is 35.3 Å². The predicted octanol–water partition coefficient (Wildman–Crippen LogP) is 1.94. The van der Waals surface area contributed by atoms with E-state index in [0.717, 1.165) is 16.9 Å². The molecule has 88 valence electrons. The van der Waals surface area contributed by atoms with Gasteiger partial charge in [0.05, 0.1) is 0 Å². The highest BCUT2D eigenvalue weighted by Crippen LogP contribution is 2.33. The second kappa shape index (κ2) is 4.14. The van der Waals surface area contributed by atoms with Crippen LogP contribution in [0.15, 0.2) is 18.2 Å². The lowest BCUT2D eigenvalue weighted by molar-refractivity contribution is 0.0997. The zero-order valence-corrected chi connectivity index (χ0v) is 9.84. The van der Waals surface area contributed by atoms with Crippen molar-refractivity contribution in [3.8, 4) is 10.6 Å². The summed E-state index contributed by atoms with van der Waals surface area (Å²) in [7, 11) is 0. The van der Waals surface area contributed by atoms with Crippen LogP contribution in [0.1, 0.15) is 16.1 Å². The van der Waals surface area contributed by atoms with Crippen molar-refractivity contribution in [1.29, 1.82) is 0 Å². The van der Waals surface area contributed by atoms with Gasteiger partial charge in [0.15, 0.2) is 5.69 Å². The third kappa shape index (κ3) is 1.99. The monoisotopic (exact) mass is 251 g/mol. The van der Waals surface area contributed by atoms with Crippen LogP contribution in [0.5, 0.6) is 0 Å². The van der Waals surface area contributed by atoms with E-state index < -0.39 is 11.7 Å². The Morgan fingerprint density at radius 3 is 2.71 bits per heavy atom. The summed E-state index contributed by atoms with van der Waals surface area (Å²) in [5.41, 5.74) is 11.8. The first-order valence-corrected chi connectivity index (χ1v) is 5.64. The van der Waals surface area contributed by atoms with Crippen molar-refractivity contribution in [2.45, 2.75) is 6.92 Å². The first-order chi connectivity index (χ1) is 8.00. The summed E-state index contributed by atoms with van der Waals surface area (Å²) < 4.78 is 13.7. The summed E-state index contributed by atoms with van der Waals surface area (Å²) in [4.78, 5) is 15.0. The molecule has 0 saturated carbocycles. The van der Waals surface area contributed by atoms with Gasteiger partial charge in [0.25, 0.3) is 5.91 Å². The fourth-order valence-corrected chi connectivity index (χ4v) is 2.47. The number of benzene rings is 1. The van der Waals surface area contributed by atoms with Crippen molar-refractivity contribution in [2.24, 2.45) is 5.73 Å². The van der Waals surface area contributed by atoms with Crippen molar-refractivity contribution < 1.29 is 9.18 Å². The van der Waals surface area contributed by atoms with Crippen LogP contribution in [0.25, 0.3) is 10.6 Å². The molecule has 0 bridgehead atoms. The van der Waals surface area contributed by atoms with Gasteiger partial charge >= 0.3 is 0 Å². The molecule has 0 aliphatic carbocycles. The van der Waals surface area contributed by atoms with Crippen LogP contribution in [0.3, 0.4) is 0 Å². The van der Waals surface area contributed by atoms with Gasteiger partial charge < -0.3 is 11.5 Å². The largest absolute Gasteiger partial charge is 0.389 e. The number of anilines is 1. The van der Waals surface area contributed by atoms with Crippen molar-refractivity contribution in [3.63, 3.8) is 0 Å². The van der Waals surface area contributed by atoms with E-state index in [1.807, 2.05) is 0 Å². The van der Waals surface area contributed by atoms with Crippen molar-refractivity contribution in [1.82, 2.24) is 4.98 Å². The molecule has 0 radical (unpaired) electrons. The molecule has 17 heavy (non-hydrogen) atoms. The highest BCUT2D eigenvalue weighted by Gasteiger charge is 2.17. The number of carbonyl (C=O) groups excluding carboxylic acids is 1. The normalized spacial score (nSPS) is 10.5. The SMILES string of the molecule is Cc1cccc(F)c1-c1nc(C(N)=O)c(N)s1. The third-order valence-corrected chi connectivity index (χ3v) is 3.22. The molecular weight excluding hydrogens is 241 g/mol. The number of aromatic nitrogens is 1. The second-order valence-electron chi connectivity index (χ2n) is 3.53. The van der Waals surface area contributed by atoms with Gasteiger partial charge in [-0.15, -0.1) is 0 Å². The summed E-state index contributed by atoms with van der Waals surface area (Å²) in [5, 5.41) is 0.571. The molecule has 1 aromatic carbocycles. The topological polar surface area (TPSA) is 82.0 Å². The zero-order chi connectivity index (χ0) is 12.6. The molecule has 2 aromatic rings. The Morgan fingerprint density at radius 2 is 2.18 bits per heavy atom. The number of hydrogen-bond acceptors (Lipinski definition) is 4. The van der Waals surface area contributed by atoms with E-state index in [4.69, 9.17) is 11.5 Å². The quantitative estimate of drug-likeness (QED) is 0.855. The molecule has 0 aliphatic heterocycles. The van der Waals surface area contributed by atoms with Gasteiger partial charge in [0.2, 0.25) is 0 Å². The maximum Gasteiger partial charge on any atom is 0.270 e. The minimum atomic E-state index is -0.709. The second-order valence-corrected chi connectivity index (χ2v) is 4.56. The summed E-state index contributed by atoms with van der Waals surface area (Å²) in [6.07, 6.45) is 0. The summed E-state index contributed by atoms with van der Waals surface area (Å²) in [5.74, 6) is -1.10. The molecular formula is C11H10FN3OS. The molecule has 4 nitrogen and oxygen atoms in total. The molecule has 0 saturated heterocycles. The Balaban J connectivity index is 2.62. The third-order valence-electron chi connectivity index (χ3n) is 2.32.